The lowest BCUT2D eigenvalue weighted by Gasteiger charge is -2.11. The molecular weight excluding hydrogens is 334 g/mol. The van der Waals surface area contributed by atoms with Crippen molar-refractivity contribution in [3.05, 3.63) is 64.8 Å². The van der Waals surface area contributed by atoms with Gasteiger partial charge in [0.25, 0.3) is 0 Å². The number of hydrogen-bond acceptors (Lipinski definition) is 3. The van der Waals surface area contributed by atoms with Crippen molar-refractivity contribution in [1.82, 2.24) is 4.57 Å². The molecule has 0 atom stereocenters. The van der Waals surface area contributed by atoms with Gasteiger partial charge in [0.1, 0.15) is 5.75 Å². The first-order valence-corrected chi connectivity index (χ1v) is 8.28. The number of carboxylic acid groups (broad SMARTS) is 2. The maximum atomic E-state index is 11.7. The number of aromatic hydroxyl groups is 1. The zero-order chi connectivity index (χ0) is 18.8. The van der Waals surface area contributed by atoms with Crippen LogP contribution in [0.5, 0.6) is 5.75 Å². The summed E-state index contributed by atoms with van der Waals surface area (Å²) < 4.78 is 1.94. The number of phenols is 1. The molecule has 0 aliphatic heterocycles. The Balaban J connectivity index is 2.29. The second-order valence-electron chi connectivity index (χ2n) is 6.11. The van der Waals surface area contributed by atoms with Crippen molar-refractivity contribution in [3.8, 4) is 5.75 Å². The Morgan fingerprint density at radius 1 is 1.08 bits per heavy atom. The SMILES string of the molecule is CCc1c(CC(=O)O)c2c(C(=O)O)cccc2n1Cc1cccc(O)c1. The number of nitrogens with zero attached hydrogens (tertiary/aromatic N) is 1. The third kappa shape index (κ3) is 3.13. The molecule has 1 aromatic heterocycles. The second kappa shape index (κ2) is 6.92. The molecule has 2 aromatic carbocycles. The molecule has 0 aliphatic carbocycles. The van der Waals surface area contributed by atoms with Crippen LogP contribution in [0.1, 0.15) is 34.1 Å². The van der Waals surface area contributed by atoms with Crippen LogP contribution in [-0.4, -0.2) is 31.8 Å². The number of aromatic nitrogens is 1. The average Bonchev–Trinajstić information content (AvgIpc) is 2.87. The van der Waals surface area contributed by atoms with E-state index in [-0.39, 0.29) is 17.7 Å². The van der Waals surface area contributed by atoms with Gasteiger partial charge in [-0.1, -0.05) is 25.1 Å². The number of carboxylic acids is 2. The Morgan fingerprint density at radius 3 is 2.42 bits per heavy atom. The largest absolute Gasteiger partial charge is 0.508 e. The topological polar surface area (TPSA) is 99.8 Å². The Kier molecular flexibility index (Phi) is 4.67. The Labute approximate surface area is 149 Å². The van der Waals surface area contributed by atoms with Gasteiger partial charge in [0.2, 0.25) is 0 Å². The summed E-state index contributed by atoms with van der Waals surface area (Å²) in [5.41, 5.74) is 2.95. The van der Waals surface area contributed by atoms with Crippen LogP contribution >= 0.6 is 0 Å². The first kappa shape index (κ1) is 17.5. The lowest BCUT2D eigenvalue weighted by atomic mass is 10.0. The van der Waals surface area contributed by atoms with Crippen LogP contribution in [0.2, 0.25) is 0 Å². The van der Waals surface area contributed by atoms with Gasteiger partial charge in [-0.2, -0.15) is 0 Å². The number of rotatable bonds is 6. The normalized spacial score (nSPS) is 11.0. The summed E-state index contributed by atoms with van der Waals surface area (Å²) in [5.74, 6) is -1.94. The lowest BCUT2D eigenvalue weighted by Crippen LogP contribution is -2.07. The summed E-state index contributed by atoms with van der Waals surface area (Å²) in [4.78, 5) is 23.1. The molecule has 1 heterocycles. The highest BCUT2D eigenvalue weighted by Gasteiger charge is 2.22. The van der Waals surface area contributed by atoms with Crippen molar-refractivity contribution in [2.24, 2.45) is 0 Å². The number of hydrogen-bond donors (Lipinski definition) is 3. The number of carbonyl (C=O) groups is 2. The maximum Gasteiger partial charge on any atom is 0.336 e. The molecule has 3 aromatic rings. The van der Waals surface area contributed by atoms with E-state index in [2.05, 4.69) is 0 Å². The van der Waals surface area contributed by atoms with Crippen molar-refractivity contribution in [2.45, 2.75) is 26.3 Å². The van der Waals surface area contributed by atoms with E-state index in [1.165, 1.54) is 6.07 Å². The van der Waals surface area contributed by atoms with E-state index in [1.54, 1.807) is 30.3 Å². The molecule has 0 bridgehead atoms. The monoisotopic (exact) mass is 353 g/mol. The molecule has 0 spiro atoms. The van der Waals surface area contributed by atoms with E-state index >= 15 is 0 Å². The molecule has 3 rings (SSSR count). The fraction of sp³-hybridized carbons (Fsp3) is 0.200. The zero-order valence-corrected chi connectivity index (χ0v) is 14.3. The second-order valence-corrected chi connectivity index (χ2v) is 6.11. The molecule has 0 unspecified atom stereocenters. The van der Waals surface area contributed by atoms with E-state index in [1.807, 2.05) is 17.6 Å². The molecule has 0 saturated carbocycles. The summed E-state index contributed by atoms with van der Waals surface area (Å²) in [6.07, 6.45) is 0.326. The molecule has 134 valence electrons. The van der Waals surface area contributed by atoms with E-state index in [0.717, 1.165) is 11.3 Å². The minimum Gasteiger partial charge on any atom is -0.508 e. The average molecular weight is 353 g/mol. The Hall–Kier alpha value is -3.28. The summed E-state index contributed by atoms with van der Waals surface area (Å²) in [6.45, 7) is 2.33. The van der Waals surface area contributed by atoms with Gasteiger partial charge in [-0.3, -0.25) is 4.79 Å². The van der Waals surface area contributed by atoms with Crippen molar-refractivity contribution < 1.29 is 24.9 Å². The first-order chi connectivity index (χ1) is 12.4. The highest BCUT2D eigenvalue weighted by molar-refractivity contribution is 6.06. The van der Waals surface area contributed by atoms with Crippen LogP contribution in [0.15, 0.2) is 42.5 Å². The predicted octanol–water partition coefficient (Wildman–Crippen LogP) is 3.28. The highest BCUT2D eigenvalue weighted by Crippen LogP contribution is 2.31. The van der Waals surface area contributed by atoms with Crippen LogP contribution < -0.4 is 0 Å². The molecule has 0 amide bonds. The van der Waals surface area contributed by atoms with E-state index in [4.69, 9.17) is 0 Å². The minimum atomic E-state index is -1.08. The van der Waals surface area contributed by atoms with E-state index in [9.17, 15) is 24.9 Å². The minimum absolute atomic E-state index is 0.100. The summed E-state index contributed by atoms with van der Waals surface area (Å²) in [7, 11) is 0. The van der Waals surface area contributed by atoms with Crippen molar-refractivity contribution in [1.29, 1.82) is 0 Å². The summed E-state index contributed by atoms with van der Waals surface area (Å²) >= 11 is 0. The maximum absolute atomic E-state index is 11.7. The third-order valence-electron chi connectivity index (χ3n) is 4.45. The Morgan fingerprint density at radius 2 is 1.81 bits per heavy atom. The smallest absolute Gasteiger partial charge is 0.336 e. The van der Waals surface area contributed by atoms with E-state index < -0.39 is 11.9 Å². The molecule has 0 fully saturated rings. The molecule has 26 heavy (non-hydrogen) atoms. The molecular formula is C20H19NO5. The van der Waals surface area contributed by atoms with Crippen LogP contribution in [0.25, 0.3) is 10.9 Å². The fourth-order valence-corrected chi connectivity index (χ4v) is 3.48. The highest BCUT2D eigenvalue weighted by atomic mass is 16.4. The van der Waals surface area contributed by atoms with Crippen LogP contribution in [-0.2, 0) is 24.2 Å². The van der Waals surface area contributed by atoms with Crippen molar-refractivity contribution >= 4 is 22.8 Å². The Bertz CT molecular complexity index is 1000. The number of phenolic OH excluding ortho intramolecular Hbond substituents is 1. The van der Waals surface area contributed by atoms with Crippen LogP contribution in [0, 0.1) is 0 Å². The van der Waals surface area contributed by atoms with Gasteiger partial charge in [0.05, 0.1) is 12.0 Å². The van der Waals surface area contributed by atoms with Gasteiger partial charge >= 0.3 is 11.9 Å². The molecule has 0 saturated heterocycles. The molecule has 0 radical (unpaired) electrons. The number of aromatic carboxylic acids is 1. The van der Waals surface area contributed by atoms with Crippen molar-refractivity contribution in [2.75, 3.05) is 0 Å². The molecule has 6 heteroatoms. The van der Waals surface area contributed by atoms with Gasteiger partial charge in [-0.05, 0) is 41.8 Å². The van der Waals surface area contributed by atoms with Crippen LogP contribution in [0.4, 0.5) is 0 Å². The van der Waals surface area contributed by atoms with Crippen LogP contribution in [0.3, 0.4) is 0 Å². The quantitative estimate of drug-likeness (QED) is 0.631. The standard InChI is InChI=1S/C20H19NO5/c1-2-16-15(10-18(23)24)19-14(20(25)26)7-4-8-17(19)21(16)11-12-5-3-6-13(22)9-12/h3-9,22H,2,10-11H2,1H3,(H,23,24)(H,25,26). The van der Waals surface area contributed by atoms with E-state index in [0.29, 0.717) is 29.4 Å². The third-order valence-corrected chi connectivity index (χ3v) is 4.45. The van der Waals surface area contributed by atoms with Gasteiger partial charge in [-0.25, -0.2) is 4.79 Å². The summed E-state index contributed by atoms with van der Waals surface area (Å²) in [6, 6.07) is 11.8. The lowest BCUT2D eigenvalue weighted by molar-refractivity contribution is -0.136. The first-order valence-electron chi connectivity index (χ1n) is 8.28. The summed E-state index contributed by atoms with van der Waals surface area (Å²) in [5, 5.41) is 29.1. The van der Waals surface area contributed by atoms with Gasteiger partial charge in [0, 0.05) is 23.1 Å². The van der Waals surface area contributed by atoms with Crippen molar-refractivity contribution in [3.63, 3.8) is 0 Å². The number of fused-ring (bicyclic) bond motifs is 1. The number of aliphatic carboxylic acids is 1. The zero-order valence-electron chi connectivity index (χ0n) is 14.3. The molecule has 3 N–H and O–H groups in total. The fourth-order valence-electron chi connectivity index (χ4n) is 3.48. The number of benzene rings is 2. The van der Waals surface area contributed by atoms with Gasteiger partial charge < -0.3 is 19.9 Å². The van der Waals surface area contributed by atoms with Gasteiger partial charge in [0.15, 0.2) is 0 Å². The predicted molar refractivity (Wildman–Crippen MR) is 96.8 cm³/mol. The molecule has 6 nitrogen and oxygen atoms in total. The van der Waals surface area contributed by atoms with Gasteiger partial charge in [-0.15, -0.1) is 0 Å². The molecule has 0 aliphatic rings.